The number of amides is 3. The van der Waals surface area contributed by atoms with E-state index in [1.807, 2.05) is 96.3 Å². The number of aromatic nitrogens is 4. The molecule has 0 radical (unpaired) electrons. The number of thiazole rings is 1. The summed E-state index contributed by atoms with van der Waals surface area (Å²) in [5, 5.41) is 22.2. The summed E-state index contributed by atoms with van der Waals surface area (Å²) in [6.45, 7) is 10.7. The summed E-state index contributed by atoms with van der Waals surface area (Å²) in [6.07, 6.45) is 5.26. The number of carboxylic acids is 1. The molecule has 0 unspecified atom stereocenters. The quantitative estimate of drug-likeness (QED) is 0.0880. The summed E-state index contributed by atoms with van der Waals surface area (Å²) in [5.41, 5.74) is 8.35. The van der Waals surface area contributed by atoms with Gasteiger partial charge in [0.25, 0.3) is 5.91 Å². The van der Waals surface area contributed by atoms with E-state index in [0.29, 0.717) is 67.0 Å². The number of para-hydroxylation sites is 1. The number of aryl methyl sites for hydroxylation is 1. The van der Waals surface area contributed by atoms with E-state index in [0.717, 1.165) is 119 Å². The predicted octanol–water partition coefficient (Wildman–Crippen LogP) is 8.75. The van der Waals surface area contributed by atoms with Gasteiger partial charge in [-0.25, -0.2) is 14.8 Å². The maximum absolute atomic E-state index is 13.7. The molecule has 2 saturated heterocycles. The van der Waals surface area contributed by atoms with Crippen molar-refractivity contribution in [2.75, 3.05) is 61.0 Å². The average molecular weight is 1020 g/mol. The number of rotatable bonds is 14. The zero-order valence-corrected chi connectivity index (χ0v) is 42.8. The second kappa shape index (κ2) is 21.0. The standard InChI is InChI=1S/C57H61N9O7S/c1-34(31-64-26-28-65(29-27-64)37-14-19-43-47(30-37)63(3)62-52(43)44-21-23-51(67)60-55(44)69)33-72-38-15-17-39(18-16-38)73-48-12-7-9-40(35(48)2)41-20-22-50(59-53(41)56(70)71)66-25-24-36-8-6-10-42(45(36)32-66)54(68)61-57-58-46-11-4-5-13-49(46)74-57/h4-14,19-20,22,30,34,38-39,44H,15-18,21,23-29,31-33H2,1-3H3,(H,70,71)(H,58,61,68)(H,60,67,69)/t34-,38?,39?,44-/m0/s1. The number of anilines is 3. The van der Waals surface area contributed by atoms with E-state index in [4.69, 9.17) is 19.6 Å². The van der Waals surface area contributed by atoms with E-state index in [1.165, 1.54) is 11.3 Å². The molecule has 3 N–H and O–H groups in total. The lowest BCUT2D eigenvalue weighted by molar-refractivity contribution is -0.134. The Morgan fingerprint density at radius 3 is 2.45 bits per heavy atom. The molecule has 7 aromatic rings. The molecule has 3 aliphatic heterocycles. The third-order valence-corrected chi connectivity index (χ3v) is 16.2. The van der Waals surface area contributed by atoms with Gasteiger partial charge in [0.2, 0.25) is 11.8 Å². The van der Waals surface area contributed by atoms with E-state index in [9.17, 15) is 24.3 Å². The zero-order valence-electron chi connectivity index (χ0n) is 42.0. The number of imide groups is 1. The summed E-state index contributed by atoms with van der Waals surface area (Å²) < 4.78 is 16.0. The molecule has 1 saturated carbocycles. The van der Waals surface area contributed by atoms with Crippen LogP contribution in [0.25, 0.3) is 32.2 Å². The van der Waals surface area contributed by atoms with Gasteiger partial charge in [-0.05, 0) is 128 Å². The molecule has 1 aliphatic carbocycles. The van der Waals surface area contributed by atoms with Gasteiger partial charge in [-0.3, -0.25) is 34.6 Å². The molecule has 6 heterocycles. The second-order valence-corrected chi connectivity index (χ2v) is 21.3. The fourth-order valence-corrected chi connectivity index (χ4v) is 12.1. The normalized spacial score (nSPS) is 19.9. The van der Waals surface area contributed by atoms with Crippen molar-refractivity contribution in [2.45, 2.75) is 83.5 Å². The maximum atomic E-state index is 13.7. The average Bonchev–Trinajstić information content (AvgIpc) is 3.97. The van der Waals surface area contributed by atoms with Crippen LogP contribution in [-0.4, -0.2) is 112 Å². The monoisotopic (exact) mass is 1020 g/mol. The molecule has 0 bridgehead atoms. The van der Waals surface area contributed by atoms with E-state index in [1.54, 1.807) is 0 Å². The van der Waals surface area contributed by atoms with Crippen molar-refractivity contribution in [3.8, 4) is 16.9 Å². The number of pyridine rings is 1. The Hall–Kier alpha value is -7.21. The van der Waals surface area contributed by atoms with Crippen LogP contribution in [0.5, 0.6) is 5.75 Å². The number of carbonyl (C=O) groups is 4. The van der Waals surface area contributed by atoms with Crippen LogP contribution < -0.4 is 25.2 Å². The number of ether oxygens (including phenoxy) is 2. The number of hydrogen-bond donors (Lipinski definition) is 3. The predicted molar refractivity (Wildman–Crippen MR) is 286 cm³/mol. The molecular weight excluding hydrogens is 955 g/mol. The van der Waals surface area contributed by atoms with Crippen LogP contribution >= 0.6 is 11.3 Å². The summed E-state index contributed by atoms with van der Waals surface area (Å²) in [4.78, 5) is 67.2. The first kappa shape index (κ1) is 49.0. The Labute approximate surface area is 433 Å². The topological polar surface area (TPSA) is 184 Å². The highest BCUT2D eigenvalue weighted by molar-refractivity contribution is 7.22. The third kappa shape index (κ3) is 10.2. The molecule has 74 heavy (non-hydrogen) atoms. The number of carboxylic acid groups (broad SMARTS) is 1. The number of carbonyl (C=O) groups excluding carboxylic acids is 3. The highest BCUT2D eigenvalue weighted by atomic mass is 32.1. The van der Waals surface area contributed by atoms with Gasteiger partial charge in [0.1, 0.15) is 11.6 Å². The summed E-state index contributed by atoms with van der Waals surface area (Å²) in [7, 11) is 1.91. The number of fused-ring (bicyclic) bond motifs is 3. The lowest BCUT2D eigenvalue weighted by Gasteiger charge is -2.37. The highest BCUT2D eigenvalue weighted by Gasteiger charge is 2.33. The molecular formula is C57H61N9O7S. The van der Waals surface area contributed by atoms with Crippen LogP contribution in [0.1, 0.15) is 94.6 Å². The van der Waals surface area contributed by atoms with Crippen molar-refractivity contribution < 1.29 is 33.8 Å². The van der Waals surface area contributed by atoms with Gasteiger partial charge < -0.3 is 24.4 Å². The molecule has 382 valence electrons. The van der Waals surface area contributed by atoms with Gasteiger partial charge in [-0.15, -0.1) is 0 Å². The van der Waals surface area contributed by atoms with Gasteiger partial charge in [-0.1, -0.05) is 54.7 Å². The minimum absolute atomic E-state index is 0.0260. The molecule has 2 atom stereocenters. The summed E-state index contributed by atoms with van der Waals surface area (Å²) >= 11 is 1.43. The van der Waals surface area contributed by atoms with Crippen LogP contribution in [-0.2, 0) is 34.3 Å². The van der Waals surface area contributed by atoms with E-state index >= 15 is 0 Å². The zero-order chi connectivity index (χ0) is 51.0. The number of nitrogens with one attached hydrogen (secondary N) is 2. The lowest BCUT2D eigenvalue weighted by Crippen LogP contribution is -2.48. The first-order chi connectivity index (χ1) is 35.9. The van der Waals surface area contributed by atoms with Gasteiger partial charge in [0, 0.05) is 81.5 Å². The first-order valence-electron chi connectivity index (χ1n) is 25.8. The molecule has 4 aliphatic rings. The minimum atomic E-state index is -1.11. The van der Waals surface area contributed by atoms with Crippen LogP contribution in [0.4, 0.5) is 16.6 Å². The number of hydrogen-bond acceptors (Lipinski definition) is 13. The Kier molecular flexibility index (Phi) is 13.9. The van der Waals surface area contributed by atoms with Gasteiger partial charge in [-0.2, -0.15) is 5.10 Å². The van der Waals surface area contributed by atoms with Crippen molar-refractivity contribution >= 4 is 72.8 Å². The molecule has 4 aromatic carbocycles. The molecule has 17 heteroatoms. The number of aromatic carboxylic acids is 1. The Morgan fingerprint density at radius 1 is 0.851 bits per heavy atom. The first-order valence-corrected chi connectivity index (χ1v) is 26.7. The van der Waals surface area contributed by atoms with Crippen LogP contribution in [0.15, 0.2) is 91.0 Å². The van der Waals surface area contributed by atoms with Crippen LogP contribution in [0, 0.1) is 12.8 Å². The lowest BCUT2D eigenvalue weighted by atomic mass is 9.93. The van der Waals surface area contributed by atoms with Crippen molar-refractivity contribution in [3.05, 3.63) is 125 Å². The smallest absolute Gasteiger partial charge is 0.355 e. The third-order valence-electron chi connectivity index (χ3n) is 15.3. The molecule has 16 nitrogen and oxygen atoms in total. The molecule has 3 aromatic heterocycles. The Morgan fingerprint density at radius 2 is 1.65 bits per heavy atom. The number of piperidine rings is 1. The van der Waals surface area contributed by atoms with Crippen molar-refractivity contribution in [3.63, 3.8) is 0 Å². The molecule has 11 rings (SSSR count). The summed E-state index contributed by atoms with van der Waals surface area (Å²) in [5.74, 6) is -0.593. The molecule has 0 spiro atoms. The van der Waals surface area contributed by atoms with Crippen molar-refractivity contribution in [1.82, 2.24) is 30.0 Å². The van der Waals surface area contributed by atoms with E-state index < -0.39 is 11.9 Å². The Balaban J connectivity index is 0.657. The largest absolute Gasteiger partial charge is 0.490 e. The fraction of sp³-hybridized carbons (Fsp3) is 0.386. The summed E-state index contributed by atoms with van der Waals surface area (Å²) in [6, 6.07) is 29.4. The van der Waals surface area contributed by atoms with E-state index in [-0.39, 0.29) is 35.6 Å². The Bertz CT molecular complexity index is 3250. The highest BCUT2D eigenvalue weighted by Crippen LogP contribution is 2.37. The van der Waals surface area contributed by atoms with Crippen molar-refractivity contribution in [2.24, 2.45) is 13.0 Å². The van der Waals surface area contributed by atoms with Gasteiger partial charge >= 0.3 is 5.97 Å². The minimum Gasteiger partial charge on any atom is -0.490 e. The SMILES string of the molecule is Cc1c(OC2CCC(OC[C@@H](C)CN3CCN(c4ccc5c([C@@H]6CCC(=O)NC6=O)nn(C)c5c4)CC3)CC2)cccc1-c1ccc(N2CCc3cccc(C(=O)Nc4nc5ccccc5s4)c3C2)nc1C(=O)O. The molecule has 3 amide bonds. The van der Waals surface area contributed by atoms with Gasteiger partial charge in [0.15, 0.2) is 10.8 Å². The fourth-order valence-electron chi connectivity index (χ4n) is 11.3. The maximum Gasteiger partial charge on any atom is 0.355 e. The molecule has 3 fully saturated rings. The van der Waals surface area contributed by atoms with Crippen LogP contribution in [0.2, 0.25) is 0 Å². The second-order valence-electron chi connectivity index (χ2n) is 20.3. The van der Waals surface area contributed by atoms with E-state index in [2.05, 4.69) is 50.5 Å². The number of benzene rings is 4. The van der Waals surface area contributed by atoms with Crippen molar-refractivity contribution in [1.29, 1.82) is 0 Å². The van der Waals surface area contributed by atoms with Crippen LogP contribution in [0.3, 0.4) is 0 Å². The number of piperazine rings is 1. The van der Waals surface area contributed by atoms with Gasteiger partial charge in [0.05, 0.1) is 46.2 Å². The number of nitrogens with zero attached hydrogens (tertiary/aromatic N) is 7.